The van der Waals surface area contributed by atoms with Gasteiger partial charge in [0, 0.05) is 7.11 Å². The first-order valence-corrected chi connectivity index (χ1v) is 7.49. The van der Waals surface area contributed by atoms with E-state index in [0.29, 0.717) is 5.92 Å². The highest BCUT2D eigenvalue weighted by Gasteiger charge is 2.25. The number of aryl methyl sites for hydroxylation is 1. The molecule has 2 heteroatoms. The Morgan fingerprint density at radius 1 is 1.21 bits per heavy atom. The van der Waals surface area contributed by atoms with Crippen molar-refractivity contribution in [1.29, 1.82) is 0 Å². The zero-order chi connectivity index (χ0) is 14.3. The molecule has 0 bridgehead atoms. The lowest BCUT2D eigenvalue weighted by Gasteiger charge is -2.30. The molecule has 0 spiro atoms. The lowest BCUT2D eigenvalue weighted by molar-refractivity contribution is 0.0326. The van der Waals surface area contributed by atoms with Gasteiger partial charge in [0.1, 0.15) is 0 Å². The van der Waals surface area contributed by atoms with E-state index in [-0.39, 0.29) is 12.1 Å². The maximum atomic E-state index is 5.74. The molecule has 0 aromatic heterocycles. The highest BCUT2D eigenvalue weighted by atomic mass is 16.5. The first-order chi connectivity index (χ1) is 9.13. The minimum absolute atomic E-state index is 0.207. The molecular formula is C17H29NO. The summed E-state index contributed by atoms with van der Waals surface area (Å²) in [5.74, 6) is 0.490. The summed E-state index contributed by atoms with van der Waals surface area (Å²) in [6, 6.07) is 9.14. The van der Waals surface area contributed by atoms with E-state index in [1.165, 1.54) is 11.1 Å². The fourth-order valence-electron chi connectivity index (χ4n) is 2.52. The van der Waals surface area contributed by atoms with Crippen molar-refractivity contribution in [1.82, 2.24) is 5.32 Å². The predicted molar refractivity (Wildman–Crippen MR) is 82.5 cm³/mol. The van der Waals surface area contributed by atoms with Crippen LogP contribution in [0.1, 0.15) is 51.3 Å². The van der Waals surface area contributed by atoms with E-state index < -0.39 is 0 Å². The van der Waals surface area contributed by atoms with Crippen molar-refractivity contribution >= 4 is 0 Å². The molecule has 0 saturated heterocycles. The molecule has 1 N–H and O–H groups in total. The van der Waals surface area contributed by atoms with E-state index in [1.54, 1.807) is 0 Å². The average molecular weight is 263 g/mol. The van der Waals surface area contributed by atoms with Crippen LogP contribution in [0.5, 0.6) is 0 Å². The Morgan fingerprint density at radius 3 is 2.47 bits per heavy atom. The molecular weight excluding hydrogens is 234 g/mol. The summed E-state index contributed by atoms with van der Waals surface area (Å²) < 4.78 is 5.74. The molecule has 2 unspecified atom stereocenters. The van der Waals surface area contributed by atoms with Crippen LogP contribution in [0.25, 0.3) is 0 Å². The second-order valence-electron chi connectivity index (χ2n) is 5.47. The van der Waals surface area contributed by atoms with Crippen molar-refractivity contribution in [2.24, 2.45) is 5.92 Å². The molecule has 1 aromatic carbocycles. The van der Waals surface area contributed by atoms with Crippen LogP contribution in [-0.2, 0) is 11.2 Å². The second kappa shape index (κ2) is 8.34. The Kier molecular flexibility index (Phi) is 7.11. The molecule has 19 heavy (non-hydrogen) atoms. The third-order valence-corrected chi connectivity index (χ3v) is 3.59. The van der Waals surface area contributed by atoms with Gasteiger partial charge >= 0.3 is 0 Å². The molecule has 1 rings (SSSR count). The third kappa shape index (κ3) is 4.63. The van der Waals surface area contributed by atoms with E-state index in [9.17, 15) is 0 Å². The Balaban J connectivity index is 2.99. The van der Waals surface area contributed by atoms with Crippen LogP contribution in [0.4, 0.5) is 0 Å². The molecule has 0 saturated carbocycles. The zero-order valence-corrected chi connectivity index (χ0v) is 13.1. The number of methoxy groups -OCH3 is 1. The third-order valence-electron chi connectivity index (χ3n) is 3.59. The summed E-state index contributed by atoms with van der Waals surface area (Å²) in [7, 11) is 1.81. The van der Waals surface area contributed by atoms with Gasteiger partial charge in [-0.25, -0.2) is 0 Å². The number of hydrogen-bond acceptors (Lipinski definition) is 2. The molecule has 108 valence electrons. The number of ether oxygens (including phenoxy) is 1. The van der Waals surface area contributed by atoms with Crippen LogP contribution in [0, 0.1) is 5.92 Å². The smallest absolute Gasteiger partial charge is 0.0788 e. The highest BCUT2D eigenvalue weighted by Crippen LogP contribution is 2.25. The van der Waals surface area contributed by atoms with Gasteiger partial charge in [-0.05, 0) is 36.4 Å². The molecule has 0 aliphatic rings. The summed E-state index contributed by atoms with van der Waals surface area (Å²) in [5, 5.41) is 3.64. The van der Waals surface area contributed by atoms with Crippen molar-refractivity contribution in [3.63, 3.8) is 0 Å². The fraction of sp³-hybridized carbons (Fsp3) is 0.647. The zero-order valence-electron chi connectivity index (χ0n) is 13.1. The fourth-order valence-corrected chi connectivity index (χ4v) is 2.52. The van der Waals surface area contributed by atoms with Crippen molar-refractivity contribution in [3.05, 3.63) is 35.4 Å². The Hall–Kier alpha value is -0.860. The van der Waals surface area contributed by atoms with Crippen LogP contribution in [-0.4, -0.2) is 19.8 Å². The van der Waals surface area contributed by atoms with Crippen molar-refractivity contribution in [2.45, 2.75) is 52.7 Å². The maximum Gasteiger partial charge on any atom is 0.0788 e. The molecule has 0 fully saturated rings. The molecule has 2 nitrogen and oxygen atoms in total. The lowest BCUT2D eigenvalue weighted by atomic mass is 9.92. The quantitative estimate of drug-likeness (QED) is 0.766. The van der Waals surface area contributed by atoms with Gasteiger partial charge in [-0.3, -0.25) is 0 Å². The molecule has 0 radical (unpaired) electrons. The van der Waals surface area contributed by atoms with Gasteiger partial charge in [0.25, 0.3) is 0 Å². The van der Waals surface area contributed by atoms with Gasteiger partial charge in [0.05, 0.1) is 12.1 Å². The molecule has 1 aromatic rings. The Morgan fingerprint density at radius 2 is 1.95 bits per heavy atom. The lowest BCUT2D eigenvalue weighted by Crippen LogP contribution is -2.37. The van der Waals surface area contributed by atoms with Crippen molar-refractivity contribution < 1.29 is 4.74 Å². The predicted octanol–water partition coefficient (Wildman–Crippen LogP) is 3.96. The largest absolute Gasteiger partial charge is 0.379 e. The summed E-state index contributed by atoms with van der Waals surface area (Å²) in [6.45, 7) is 9.86. The Bertz CT molecular complexity index is 362. The van der Waals surface area contributed by atoms with Crippen LogP contribution >= 0.6 is 0 Å². The van der Waals surface area contributed by atoms with Gasteiger partial charge in [-0.1, -0.05) is 52.0 Å². The minimum atomic E-state index is 0.207. The summed E-state index contributed by atoms with van der Waals surface area (Å²) in [4.78, 5) is 0. The molecule has 0 heterocycles. The van der Waals surface area contributed by atoms with E-state index in [4.69, 9.17) is 4.74 Å². The molecule has 2 atom stereocenters. The standard InChI is InChI=1S/C17H29NO/c1-6-11-18-16(17(19-5)13(3)4)15-10-8-9-14(7-2)12-15/h8-10,12-13,16-18H,6-7,11H2,1-5H3. The van der Waals surface area contributed by atoms with Gasteiger partial charge in [0.2, 0.25) is 0 Å². The summed E-state index contributed by atoms with van der Waals surface area (Å²) in [5.41, 5.74) is 2.73. The molecule has 0 aliphatic heterocycles. The van der Waals surface area contributed by atoms with E-state index in [0.717, 1.165) is 19.4 Å². The van der Waals surface area contributed by atoms with Gasteiger partial charge in [-0.2, -0.15) is 0 Å². The normalized spacial score (nSPS) is 14.6. The van der Waals surface area contributed by atoms with E-state index >= 15 is 0 Å². The minimum Gasteiger partial charge on any atom is -0.379 e. The number of benzene rings is 1. The first-order valence-electron chi connectivity index (χ1n) is 7.49. The second-order valence-corrected chi connectivity index (χ2v) is 5.47. The number of nitrogens with one attached hydrogen (secondary N) is 1. The summed E-state index contributed by atoms with van der Waals surface area (Å²) >= 11 is 0. The van der Waals surface area contributed by atoms with Crippen LogP contribution in [0.15, 0.2) is 24.3 Å². The van der Waals surface area contributed by atoms with Crippen molar-refractivity contribution in [3.8, 4) is 0 Å². The topological polar surface area (TPSA) is 21.3 Å². The Labute approximate surface area is 118 Å². The van der Waals surface area contributed by atoms with E-state index in [2.05, 4.69) is 57.3 Å². The molecule has 0 aliphatic carbocycles. The number of hydrogen-bond donors (Lipinski definition) is 1. The monoisotopic (exact) mass is 263 g/mol. The van der Waals surface area contributed by atoms with Gasteiger partial charge in [-0.15, -0.1) is 0 Å². The van der Waals surface area contributed by atoms with Crippen LogP contribution in [0.2, 0.25) is 0 Å². The van der Waals surface area contributed by atoms with Crippen LogP contribution < -0.4 is 5.32 Å². The van der Waals surface area contributed by atoms with Crippen LogP contribution in [0.3, 0.4) is 0 Å². The SMILES string of the molecule is CCCNC(c1cccc(CC)c1)C(OC)C(C)C. The van der Waals surface area contributed by atoms with Crippen molar-refractivity contribution in [2.75, 3.05) is 13.7 Å². The highest BCUT2D eigenvalue weighted by molar-refractivity contribution is 5.27. The average Bonchev–Trinajstić information content (AvgIpc) is 2.43. The first kappa shape index (κ1) is 16.2. The van der Waals surface area contributed by atoms with Gasteiger partial charge in [0.15, 0.2) is 0 Å². The maximum absolute atomic E-state index is 5.74. The summed E-state index contributed by atoms with van der Waals surface area (Å²) in [6.07, 6.45) is 2.42. The number of rotatable bonds is 8. The van der Waals surface area contributed by atoms with E-state index in [1.807, 2.05) is 7.11 Å². The van der Waals surface area contributed by atoms with Gasteiger partial charge < -0.3 is 10.1 Å². The molecule has 0 amide bonds.